The molecule has 0 aliphatic carbocycles. The molecule has 0 radical (unpaired) electrons. The summed E-state index contributed by atoms with van der Waals surface area (Å²) in [6, 6.07) is 18.4. The molecule has 6 heteroatoms. The number of hydrogen-bond acceptors (Lipinski definition) is 4. The lowest BCUT2D eigenvalue weighted by Crippen LogP contribution is -2.33. The quantitative estimate of drug-likeness (QED) is 0.365. The molecule has 2 rings (SSSR count). The Morgan fingerprint density at radius 1 is 0.968 bits per heavy atom. The van der Waals surface area contributed by atoms with Crippen molar-refractivity contribution >= 4 is 29.2 Å². The van der Waals surface area contributed by atoms with Crippen LogP contribution in [0, 0.1) is 35.0 Å². The van der Waals surface area contributed by atoms with E-state index in [1.165, 1.54) is 0 Å². The molecule has 164 valence electrons. The molecule has 0 saturated carbocycles. The largest absolute Gasteiger partial charge is 0.457 e. The Bertz CT molecular complexity index is 931. The summed E-state index contributed by atoms with van der Waals surface area (Å²) in [7, 11) is 0. The molecule has 3 unspecified atom stereocenters. The summed E-state index contributed by atoms with van der Waals surface area (Å²) in [4.78, 5) is 13.1. The van der Waals surface area contributed by atoms with Crippen LogP contribution in [-0.2, 0) is 9.53 Å². The van der Waals surface area contributed by atoms with Crippen LogP contribution in [0.5, 0.6) is 11.5 Å². The van der Waals surface area contributed by atoms with Crippen LogP contribution in [0.2, 0.25) is 0 Å². The van der Waals surface area contributed by atoms with Gasteiger partial charge in [-0.3, -0.25) is 4.79 Å². The third-order valence-electron chi connectivity index (χ3n) is 4.98. The number of ether oxygens (including phenoxy) is 2. The lowest BCUT2D eigenvalue weighted by atomic mass is 9.77. The molecule has 0 N–H and O–H groups in total. The van der Waals surface area contributed by atoms with Gasteiger partial charge in [-0.15, -0.1) is 0 Å². The van der Waals surface area contributed by atoms with Gasteiger partial charge in [-0.05, 0) is 48.1 Å². The van der Waals surface area contributed by atoms with E-state index in [0.29, 0.717) is 17.1 Å². The highest BCUT2D eigenvalue weighted by Crippen LogP contribution is 2.34. The molecule has 0 aliphatic rings. The monoisotopic (exact) mass is 459 g/mol. The molecule has 2 aromatic carbocycles. The molecule has 31 heavy (non-hydrogen) atoms. The molecule has 3 atom stereocenters. The summed E-state index contributed by atoms with van der Waals surface area (Å²) < 4.78 is 11.6. The number of hydrogen-bond donors (Lipinski definition) is 0. The van der Waals surface area contributed by atoms with Crippen molar-refractivity contribution in [2.75, 3.05) is 0 Å². The second-order valence-corrected chi connectivity index (χ2v) is 8.99. The van der Waals surface area contributed by atoms with E-state index >= 15 is 0 Å². The Labute approximate surface area is 194 Å². The van der Waals surface area contributed by atoms with Gasteiger partial charge < -0.3 is 9.47 Å². The summed E-state index contributed by atoms with van der Waals surface area (Å²) >= 11 is 11.8. The van der Waals surface area contributed by atoms with Gasteiger partial charge in [0.25, 0.3) is 0 Å². The summed E-state index contributed by atoms with van der Waals surface area (Å²) in [5, 5.41) is 9.70. The Morgan fingerprint density at radius 3 is 2.16 bits per heavy atom. The first-order valence-electron chi connectivity index (χ1n) is 10.2. The minimum atomic E-state index is -1.06. The van der Waals surface area contributed by atoms with E-state index in [9.17, 15) is 10.1 Å². The first kappa shape index (κ1) is 24.8. The highest BCUT2D eigenvalue weighted by Gasteiger charge is 2.35. The van der Waals surface area contributed by atoms with Crippen molar-refractivity contribution in [3.8, 4) is 17.6 Å². The van der Waals surface area contributed by atoms with Crippen molar-refractivity contribution in [1.29, 1.82) is 5.26 Å². The van der Waals surface area contributed by atoms with Crippen LogP contribution in [0.4, 0.5) is 0 Å². The van der Waals surface area contributed by atoms with Crippen LogP contribution in [0.1, 0.15) is 39.4 Å². The lowest BCUT2D eigenvalue weighted by molar-refractivity contribution is -0.155. The van der Waals surface area contributed by atoms with Gasteiger partial charge in [-0.25, -0.2) is 0 Å². The smallest absolute Gasteiger partial charge is 0.311 e. The minimum absolute atomic E-state index is 0.0316. The lowest BCUT2D eigenvalue weighted by Gasteiger charge is -2.30. The maximum atomic E-state index is 13.1. The number of esters is 1. The number of allylic oxidation sites excluding steroid dienone is 1. The van der Waals surface area contributed by atoms with Crippen molar-refractivity contribution in [2.24, 2.45) is 23.7 Å². The summed E-state index contributed by atoms with van der Waals surface area (Å²) in [6.45, 7) is 7.86. The van der Waals surface area contributed by atoms with Gasteiger partial charge in [0, 0.05) is 5.56 Å². The molecule has 2 aromatic rings. The fraction of sp³-hybridized carbons (Fsp3) is 0.360. The van der Waals surface area contributed by atoms with E-state index in [1.807, 2.05) is 58.0 Å². The fourth-order valence-corrected chi connectivity index (χ4v) is 3.75. The summed E-state index contributed by atoms with van der Waals surface area (Å²) in [6.07, 6.45) is 0.617. The Hall–Kier alpha value is -2.48. The van der Waals surface area contributed by atoms with Crippen molar-refractivity contribution in [1.82, 2.24) is 0 Å². The average molecular weight is 460 g/mol. The number of rotatable bonds is 9. The number of para-hydroxylation sites is 1. The molecule has 0 aromatic heterocycles. The van der Waals surface area contributed by atoms with Crippen molar-refractivity contribution in [3.63, 3.8) is 0 Å². The molecular formula is C25H27Cl2NO3. The van der Waals surface area contributed by atoms with E-state index in [-0.39, 0.29) is 22.2 Å². The third-order valence-corrected chi connectivity index (χ3v) is 5.24. The van der Waals surface area contributed by atoms with E-state index in [2.05, 4.69) is 6.07 Å². The van der Waals surface area contributed by atoms with E-state index < -0.39 is 18.0 Å². The van der Waals surface area contributed by atoms with Gasteiger partial charge in [0.2, 0.25) is 6.10 Å². The van der Waals surface area contributed by atoms with Crippen LogP contribution in [0.25, 0.3) is 0 Å². The second-order valence-electron chi connectivity index (χ2n) is 7.98. The Morgan fingerprint density at radius 2 is 1.61 bits per heavy atom. The average Bonchev–Trinajstić information content (AvgIpc) is 2.71. The van der Waals surface area contributed by atoms with Crippen LogP contribution >= 0.6 is 23.2 Å². The molecule has 0 heterocycles. The van der Waals surface area contributed by atoms with E-state index in [1.54, 1.807) is 30.3 Å². The minimum Gasteiger partial charge on any atom is -0.457 e. The first-order valence-corrected chi connectivity index (χ1v) is 10.9. The molecule has 0 amide bonds. The molecular weight excluding hydrogens is 433 g/mol. The Kier molecular flexibility index (Phi) is 9.43. The van der Waals surface area contributed by atoms with Crippen molar-refractivity contribution < 1.29 is 14.3 Å². The summed E-state index contributed by atoms with van der Waals surface area (Å²) in [5.41, 5.74) is 0.541. The van der Waals surface area contributed by atoms with Gasteiger partial charge in [-0.2, -0.15) is 5.26 Å². The SMILES string of the molecule is CC(C)C(C=C(Cl)Cl)C(C(=O)OC(C#N)c1cccc(Oc2ccccc2)c1)C(C)C. The summed E-state index contributed by atoms with van der Waals surface area (Å²) in [5.74, 6) is 0.135. The molecule has 0 saturated heterocycles. The number of nitrogens with zero attached hydrogens (tertiary/aromatic N) is 1. The third kappa shape index (κ3) is 7.31. The maximum Gasteiger partial charge on any atom is 0.311 e. The zero-order valence-electron chi connectivity index (χ0n) is 18.1. The predicted molar refractivity (Wildman–Crippen MR) is 124 cm³/mol. The van der Waals surface area contributed by atoms with Crippen LogP contribution in [0.3, 0.4) is 0 Å². The number of halogens is 2. The Balaban J connectivity index is 2.24. The normalized spacial score (nSPS) is 13.8. The van der Waals surface area contributed by atoms with Crippen LogP contribution in [-0.4, -0.2) is 5.97 Å². The van der Waals surface area contributed by atoms with Crippen LogP contribution in [0.15, 0.2) is 65.2 Å². The maximum absolute atomic E-state index is 13.1. The van der Waals surface area contributed by atoms with Crippen LogP contribution < -0.4 is 4.74 Å². The van der Waals surface area contributed by atoms with Gasteiger partial charge in [0.1, 0.15) is 22.1 Å². The van der Waals surface area contributed by atoms with Crippen molar-refractivity contribution in [3.05, 3.63) is 70.7 Å². The van der Waals surface area contributed by atoms with E-state index in [0.717, 1.165) is 0 Å². The second kappa shape index (κ2) is 11.8. The molecule has 4 nitrogen and oxygen atoms in total. The fourth-order valence-electron chi connectivity index (χ4n) is 3.46. The van der Waals surface area contributed by atoms with Gasteiger partial charge in [0.15, 0.2) is 0 Å². The molecule has 0 spiro atoms. The van der Waals surface area contributed by atoms with E-state index in [4.69, 9.17) is 32.7 Å². The zero-order valence-corrected chi connectivity index (χ0v) is 19.6. The van der Waals surface area contributed by atoms with Gasteiger partial charge in [-0.1, -0.05) is 81.2 Å². The standard InChI is InChI=1S/C25H27Cl2NO3/c1-16(2)21(14-23(26)27)24(17(3)4)25(29)31-22(15-28)18-9-8-12-20(13-18)30-19-10-6-5-7-11-19/h5-14,16-17,21-22,24H,1-4H3. The van der Waals surface area contributed by atoms with Gasteiger partial charge in [0.05, 0.1) is 5.92 Å². The topological polar surface area (TPSA) is 59.3 Å². The number of benzene rings is 2. The molecule has 0 fully saturated rings. The number of carbonyl (C=O) groups is 1. The first-order chi connectivity index (χ1) is 14.7. The van der Waals surface area contributed by atoms with Crippen molar-refractivity contribution in [2.45, 2.75) is 33.8 Å². The zero-order chi connectivity index (χ0) is 23.0. The highest BCUT2D eigenvalue weighted by molar-refractivity contribution is 6.55. The highest BCUT2D eigenvalue weighted by atomic mass is 35.5. The van der Waals surface area contributed by atoms with Gasteiger partial charge >= 0.3 is 5.97 Å². The number of carbonyl (C=O) groups excluding carboxylic acids is 1. The predicted octanol–water partition coefficient (Wildman–Crippen LogP) is 7.45. The molecule has 0 bridgehead atoms. The molecule has 0 aliphatic heterocycles. The number of nitriles is 1.